The van der Waals surface area contributed by atoms with Gasteiger partial charge >= 0.3 is 0 Å². The van der Waals surface area contributed by atoms with Crippen LogP contribution in [-0.4, -0.2) is 17.0 Å². The number of oxime groups is 1. The SMILES string of the molecule is ON=C1C2CCC(C2)C1NCc1ccccc1. The van der Waals surface area contributed by atoms with Crippen molar-refractivity contribution >= 4 is 5.71 Å². The highest BCUT2D eigenvalue weighted by molar-refractivity contribution is 5.94. The molecule has 3 rings (SSSR count). The maximum Gasteiger partial charge on any atom is 0.0773 e. The summed E-state index contributed by atoms with van der Waals surface area (Å²) in [6.07, 6.45) is 3.68. The number of nitrogens with one attached hydrogen (secondary N) is 1. The van der Waals surface area contributed by atoms with Crippen molar-refractivity contribution in [3.63, 3.8) is 0 Å². The van der Waals surface area contributed by atoms with Crippen molar-refractivity contribution in [2.45, 2.75) is 31.8 Å². The minimum atomic E-state index is 0.291. The van der Waals surface area contributed by atoms with E-state index in [2.05, 4.69) is 34.7 Å². The molecule has 0 spiro atoms. The van der Waals surface area contributed by atoms with Crippen LogP contribution in [0.1, 0.15) is 24.8 Å². The first-order valence-corrected chi connectivity index (χ1v) is 6.37. The predicted molar refractivity (Wildman–Crippen MR) is 67.1 cm³/mol. The van der Waals surface area contributed by atoms with Gasteiger partial charge in [-0.05, 0) is 30.7 Å². The standard InChI is InChI=1S/C14H18N2O/c17-16-14-12-7-6-11(8-12)13(14)15-9-10-4-2-1-3-5-10/h1-5,11-13,15,17H,6-9H2. The zero-order chi connectivity index (χ0) is 11.7. The lowest BCUT2D eigenvalue weighted by molar-refractivity contribution is 0.309. The fourth-order valence-corrected chi connectivity index (χ4v) is 3.32. The first-order chi connectivity index (χ1) is 8.38. The largest absolute Gasteiger partial charge is 0.411 e. The van der Waals surface area contributed by atoms with Crippen molar-refractivity contribution in [3.05, 3.63) is 35.9 Å². The summed E-state index contributed by atoms with van der Waals surface area (Å²) in [5.74, 6) is 1.20. The van der Waals surface area contributed by atoms with Crippen molar-refractivity contribution in [3.8, 4) is 0 Å². The van der Waals surface area contributed by atoms with E-state index in [1.165, 1.54) is 24.8 Å². The summed E-state index contributed by atoms with van der Waals surface area (Å²) in [7, 11) is 0. The Hall–Kier alpha value is -1.35. The molecule has 90 valence electrons. The molecule has 0 radical (unpaired) electrons. The van der Waals surface area contributed by atoms with Gasteiger partial charge in [-0.1, -0.05) is 35.5 Å². The Morgan fingerprint density at radius 3 is 2.82 bits per heavy atom. The molecule has 2 N–H and O–H groups in total. The van der Waals surface area contributed by atoms with Gasteiger partial charge in [0.2, 0.25) is 0 Å². The molecule has 2 saturated carbocycles. The molecule has 2 aliphatic rings. The van der Waals surface area contributed by atoms with E-state index >= 15 is 0 Å². The molecule has 3 heteroatoms. The van der Waals surface area contributed by atoms with E-state index in [4.69, 9.17) is 5.21 Å². The Morgan fingerprint density at radius 1 is 1.24 bits per heavy atom. The van der Waals surface area contributed by atoms with Gasteiger partial charge in [0.1, 0.15) is 0 Å². The lowest BCUT2D eigenvalue weighted by Crippen LogP contribution is -2.40. The van der Waals surface area contributed by atoms with Gasteiger partial charge in [-0.15, -0.1) is 0 Å². The second kappa shape index (κ2) is 4.49. The molecule has 2 aliphatic carbocycles. The number of nitrogens with zero attached hydrogens (tertiary/aromatic N) is 1. The Kier molecular flexibility index (Phi) is 2.85. The molecular weight excluding hydrogens is 212 g/mol. The lowest BCUT2D eigenvalue weighted by atomic mass is 9.93. The molecule has 0 heterocycles. The monoisotopic (exact) mass is 230 g/mol. The number of hydrogen-bond acceptors (Lipinski definition) is 3. The van der Waals surface area contributed by atoms with Crippen LogP contribution in [0.4, 0.5) is 0 Å². The summed E-state index contributed by atoms with van der Waals surface area (Å²) in [6.45, 7) is 0.855. The average Bonchev–Trinajstić information content (AvgIpc) is 2.97. The zero-order valence-electron chi connectivity index (χ0n) is 9.84. The Balaban J connectivity index is 1.66. The van der Waals surface area contributed by atoms with Crippen molar-refractivity contribution < 1.29 is 5.21 Å². The van der Waals surface area contributed by atoms with Crippen LogP contribution in [0, 0.1) is 11.8 Å². The highest BCUT2D eigenvalue weighted by Crippen LogP contribution is 2.42. The van der Waals surface area contributed by atoms with E-state index in [-0.39, 0.29) is 0 Å². The fraction of sp³-hybridized carbons (Fsp3) is 0.500. The molecule has 0 amide bonds. The first kappa shape index (κ1) is 10.8. The van der Waals surface area contributed by atoms with E-state index in [9.17, 15) is 0 Å². The molecule has 1 aromatic carbocycles. The van der Waals surface area contributed by atoms with Crippen LogP contribution in [0.2, 0.25) is 0 Å². The first-order valence-electron chi connectivity index (χ1n) is 6.37. The Bertz CT molecular complexity index is 415. The molecule has 1 aromatic rings. The van der Waals surface area contributed by atoms with Crippen molar-refractivity contribution in [1.82, 2.24) is 5.32 Å². The minimum Gasteiger partial charge on any atom is -0.411 e. The van der Waals surface area contributed by atoms with Crippen molar-refractivity contribution in [2.75, 3.05) is 0 Å². The zero-order valence-corrected chi connectivity index (χ0v) is 9.84. The number of fused-ring (bicyclic) bond motifs is 2. The minimum absolute atomic E-state index is 0.291. The van der Waals surface area contributed by atoms with Gasteiger partial charge in [0.05, 0.1) is 11.8 Å². The van der Waals surface area contributed by atoms with Crippen molar-refractivity contribution in [1.29, 1.82) is 0 Å². The second-order valence-electron chi connectivity index (χ2n) is 5.14. The molecule has 0 saturated heterocycles. The van der Waals surface area contributed by atoms with E-state index in [1.54, 1.807) is 0 Å². The second-order valence-corrected chi connectivity index (χ2v) is 5.14. The summed E-state index contributed by atoms with van der Waals surface area (Å²) < 4.78 is 0. The Labute approximate surface area is 102 Å². The van der Waals surface area contributed by atoms with Gasteiger partial charge < -0.3 is 10.5 Å². The van der Waals surface area contributed by atoms with E-state index in [0.717, 1.165) is 12.3 Å². The van der Waals surface area contributed by atoms with Crippen LogP contribution in [0.25, 0.3) is 0 Å². The smallest absolute Gasteiger partial charge is 0.0773 e. The molecule has 17 heavy (non-hydrogen) atoms. The summed E-state index contributed by atoms with van der Waals surface area (Å²) in [5, 5.41) is 16.2. The van der Waals surface area contributed by atoms with Crippen molar-refractivity contribution in [2.24, 2.45) is 17.0 Å². The van der Waals surface area contributed by atoms with Crippen LogP contribution < -0.4 is 5.32 Å². The van der Waals surface area contributed by atoms with Gasteiger partial charge in [0.15, 0.2) is 0 Å². The summed E-state index contributed by atoms with van der Waals surface area (Å²) in [6, 6.07) is 10.7. The third-order valence-corrected chi connectivity index (χ3v) is 4.17. The molecule has 2 bridgehead atoms. The Morgan fingerprint density at radius 2 is 2.06 bits per heavy atom. The van der Waals surface area contributed by atoms with Gasteiger partial charge in [0, 0.05) is 12.5 Å². The van der Waals surface area contributed by atoms with E-state index in [0.29, 0.717) is 17.9 Å². The topological polar surface area (TPSA) is 44.6 Å². The maximum absolute atomic E-state index is 9.10. The maximum atomic E-state index is 9.10. The van der Waals surface area contributed by atoms with E-state index in [1.807, 2.05) is 6.07 Å². The summed E-state index contributed by atoms with van der Waals surface area (Å²) >= 11 is 0. The van der Waals surface area contributed by atoms with Gasteiger partial charge in [-0.2, -0.15) is 0 Å². The summed E-state index contributed by atoms with van der Waals surface area (Å²) in [4.78, 5) is 0. The fourth-order valence-electron chi connectivity index (χ4n) is 3.32. The van der Waals surface area contributed by atoms with Gasteiger partial charge in [0.25, 0.3) is 0 Å². The normalized spacial score (nSPS) is 33.4. The van der Waals surface area contributed by atoms with Gasteiger partial charge in [-0.25, -0.2) is 0 Å². The number of benzene rings is 1. The molecule has 3 unspecified atom stereocenters. The third-order valence-electron chi connectivity index (χ3n) is 4.17. The summed E-state index contributed by atoms with van der Waals surface area (Å²) in [5.41, 5.74) is 2.27. The van der Waals surface area contributed by atoms with Crippen LogP contribution in [0.3, 0.4) is 0 Å². The highest BCUT2D eigenvalue weighted by atomic mass is 16.4. The van der Waals surface area contributed by atoms with Crippen LogP contribution in [-0.2, 0) is 6.54 Å². The highest BCUT2D eigenvalue weighted by Gasteiger charge is 2.45. The predicted octanol–water partition coefficient (Wildman–Crippen LogP) is 2.40. The molecule has 0 aromatic heterocycles. The quantitative estimate of drug-likeness (QED) is 0.618. The van der Waals surface area contributed by atoms with Gasteiger partial charge in [-0.3, -0.25) is 0 Å². The number of rotatable bonds is 3. The van der Waals surface area contributed by atoms with Crippen LogP contribution >= 0.6 is 0 Å². The molecule has 2 fully saturated rings. The van der Waals surface area contributed by atoms with E-state index < -0.39 is 0 Å². The lowest BCUT2D eigenvalue weighted by Gasteiger charge is -2.23. The van der Waals surface area contributed by atoms with Crippen LogP contribution in [0.5, 0.6) is 0 Å². The van der Waals surface area contributed by atoms with Crippen LogP contribution in [0.15, 0.2) is 35.5 Å². The number of hydrogen-bond donors (Lipinski definition) is 2. The third kappa shape index (κ3) is 1.95. The molecule has 3 nitrogen and oxygen atoms in total. The molecular formula is C14H18N2O. The average molecular weight is 230 g/mol. The molecule has 0 aliphatic heterocycles. The molecule has 3 atom stereocenters.